The molecule has 5 heteroatoms. The zero-order valence-corrected chi connectivity index (χ0v) is 26.7. The average molecular weight is 542 g/mol. The Bertz CT molecular complexity index is 1060. The van der Waals surface area contributed by atoms with Crippen LogP contribution in [0.4, 0.5) is 0 Å². The van der Waals surface area contributed by atoms with Crippen molar-refractivity contribution in [3.8, 4) is 6.07 Å². The number of rotatable bonds is 7. The molecule has 0 aromatic heterocycles. The summed E-state index contributed by atoms with van der Waals surface area (Å²) in [7, 11) is 1.52. The van der Waals surface area contributed by atoms with E-state index in [1.807, 2.05) is 0 Å². The molecule has 0 aliphatic heterocycles. The van der Waals surface area contributed by atoms with Crippen LogP contribution in [0.2, 0.25) is 0 Å². The van der Waals surface area contributed by atoms with Gasteiger partial charge < -0.3 is 14.6 Å². The Morgan fingerprint density at radius 2 is 1.72 bits per heavy atom. The van der Waals surface area contributed by atoms with Crippen LogP contribution in [0, 0.1) is 61.6 Å². The van der Waals surface area contributed by atoms with Crippen molar-refractivity contribution in [2.24, 2.45) is 50.2 Å². The van der Waals surface area contributed by atoms with Crippen LogP contribution in [0.3, 0.4) is 0 Å². The van der Waals surface area contributed by atoms with E-state index in [1.54, 1.807) is 6.92 Å². The van der Waals surface area contributed by atoms with Gasteiger partial charge in [-0.1, -0.05) is 62.3 Å². The molecule has 2 saturated carbocycles. The fourth-order valence-corrected chi connectivity index (χ4v) is 9.75. The maximum absolute atomic E-state index is 13.4. The molecule has 39 heavy (non-hydrogen) atoms. The highest BCUT2D eigenvalue weighted by molar-refractivity contribution is 5.77. The minimum absolute atomic E-state index is 0.0590. The molecule has 0 heterocycles. The van der Waals surface area contributed by atoms with E-state index < -0.39 is 10.8 Å². The number of Topliss-reactive ketones (excluding diaryl/α,β-unsaturated/α-hetero) is 1. The van der Waals surface area contributed by atoms with E-state index >= 15 is 0 Å². The molecule has 3 rings (SSSR count). The Morgan fingerprint density at radius 3 is 2.23 bits per heavy atom. The first-order chi connectivity index (χ1) is 17.7. The van der Waals surface area contributed by atoms with Crippen molar-refractivity contribution in [3.05, 3.63) is 11.3 Å². The van der Waals surface area contributed by atoms with Crippen LogP contribution in [0.1, 0.15) is 127 Å². The summed E-state index contributed by atoms with van der Waals surface area (Å²) in [4.78, 5) is 26.2. The Balaban J connectivity index is 2.03. The molecule has 0 aromatic carbocycles. The molecule has 0 spiro atoms. The first-order valence-corrected chi connectivity index (χ1v) is 15.1. The maximum Gasteiger partial charge on any atom is 0.312 e. The quantitative estimate of drug-likeness (QED) is 0.326. The smallest absolute Gasteiger partial charge is 0.312 e. The number of fused-ring (bicyclic) bond motifs is 1. The molecule has 1 N–H and O–H groups in total. The van der Waals surface area contributed by atoms with Crippen LogP contribution in [-0.4, -0.2) is 24.0 Å². The number of ether oxygens (including phenoxy) is 1. The molecule has 1 unspecified atom stereocenters. The minimum Gasteiger partial charge on any atom is -0.511 e. The van der Waals surface area contributed by atoms with E-state index in [9.17, 15) is 20.0 Å². The number of esters is 1. The van der Waals surface area contributed by atoms with Crippen LogP contribution < -0.4 is 0 Å². The van der Waals surface area contributed by atoms with E-state index in [0.29, 0.717) is 18.4 Å². The van der Waals surface area contributed by atoms with Crippen molar-refractivity contribution in [1.82, 2.24) is 0 Å². The normalized spacial score (nSPS) is 37.9. The highest BCUT2D eigenvalue weighted by atomic mass is 16.5. The second-order valence-electron chi connectivity index (χ2n) is 16.1. The molecular formula is C34H55NO4. The second-order valence-corrected chi connectivity index (χ2v) is 16.1. The number of nitrogens with zero attached hydrogens (tertiary/aromatic N) is 1. The summed E-state index contributed by atoms with van der Waals surface area (Å²) in [6, 6.07) is 2.30. The summed E-state index contributed by atoms with van der Waals surface area (Å²) in [6.07, 6.45) is 7.38. The van der Waals surface area contributed by atoms with Crippen LogP contribution in [-0.2, 0) is 14.3 Å². The molecule has 6 atom stereocenters. The fourth-order valence-electron chi connectivity index (χ4n) is 9.75. The Labute approximate surface area is 238 Å². The molecule has 2 fully saturated rings. The van der Waals surface area contributed by atoms with Gasteiger partial charge in [-0.15, -0.1) is 0 Å². The SMILES string of the molecule is COC(=O)[C@]1(CCC(C)(C)[C@]2(C)CC[C@H]3C(C)(C)C(O)=C(C#N)C[C@]3(C)[C@H]2CC(C)=O)CCC(C)(C)CC1C. The van der Waals surface area contributed by atoms with Crippen molar-refractivity contribution < 1.29 is 19.4 Å². The van der Waals surface area contributed by atoms with Crippen molar-refractivity contribution in [2.45, 2.75) is 127 Å². The lowest BCUT2D eigenvalue weighted by molar-refractivity contribution is -0.170. The van der Waals surface area contributed by atoms with Gasteiger partial charge in [0.15, 0.2) is 0 Å². The van der Waals surface area contributed by atoms with Crippen molar-refractivity contribution in [1.29, 1.82) is 5.26 Å². The molecule has 3 aliphatic rings. The van der Waals surface area contributed by atoms with E-state index in [-0.39, 0.29) is 56.9 Å². The van der Waals surface area contributed by atoms with E-state index in [4.69, 9.17) is 4.74 Å². The van der Waals surface area contributed by atoms with Gasteiger partial charge in [-0.05, 0) is 97.7 Å². The minimum atomic E-state index is -0.516. The summed E-state index contributed by atoms with van der Waals surface area (Å²) in [5.74, 6) is 0.806. The largest absolute Gasteiger partial charge is 0.511 e. The zero-order chi connectivity index (χ0) is 29.8. The number of allylic oxidation sites excluding steroid dienone is 2. The maximum atomic E-state index is 13.4. The number of methoxy groups -OCH3 is 1. The van der Waals surface area contributed by atoms with E-state index in [0.717, 1.165) is 44.9 Å². The standard InChI is InChI=1S/C34H55NO4/c1-22-19-29(3,4)14-16-34(22,28(38)39-11)17-15-30(5,6)33(10)13-12-25-31(7,8)27(37)24(21-35)20-32(25,9)26(33)18-23(2)36/h22,25-26,37H,12-20H2,1-11H3/t22?,25-,26+,32-,33+,34-/m0/s1. The van der Waals surface area contributed by atoms with Crippen molar-refractivity contribution in [3.63, 3.8) is 0 Å². The molecule has 0 amide bonds. The predicted octanol–water partition coefficient (Wildman–Crippen LogP) is 8.58. The number of hydrogen-bond donors (Lipinski definition) is 1. The number of hydrogen-bond acceptors (Lipinski definition) is 5. The predicted molar refractivity (Wildman–Crippen MR) is 156 cm³/mol. The molecule has 5 nitrogen and oxygen atoms in total. The highest BCUT2D eigenvalue weighted by Crippen LogP contribution is 2.70. The van der Waals surface area contributed by atoms with Crippen LogP contribution >= 0.6 is 0 Å². The Morgan fingerprint density at radius 1 is 1.10 bits per heavy atom. The van der Waals surface area contributed by atoms with Gasteiger partial charge in [0.25, 0.3) is 0 Å². The lowest BCUT2D eigenvalue weighted by Crippen LogP contribution is -2.59. The molecule has 0 saturated heterocycles. The Hall–Kier alpha value is -1.83. The van der Waals surface area contributed by atoms with Gasteiger partial charge in [0.05, 0.1) is 24.2 Å². The number of carbonyl (C=O) groups is 2. The summed E-state index contributed by atoms with van der Waals surface area (Å²) >= 11 is 0. The third-order valence-corrected chi connectivity index (χ3v) is 12.6. The topological polar surface area (TPSA) is 87.4 Å². The second kappa shape index (κ2) is 10.2. The van der Waals surface area contributed by atoms with Gasteiger partial charge in [-0.2, -0.15) is 5.26 Å². The van der Waals surface area contributed by atoms with Crippen molar-refractivity contribution in [2.75, 3.05) is 7.11 Å². The van der Waals surface area contributed by atoms with E-state index in [1.165, 1.54) is 7.11 Å². The van der Waals surface area contributed by atoms with Gasteiger partial charge >= 0.3 is 5.97 Å². The van der Waals surface area contributed by atoms with Crippen LogP contribution in [0.15, 0.2) is 11.3 Å². The first-order valence-electron chi connectivity index (χ1n) is 15.1. The average Bonchev–Trinajstić information content (AvgIpc) is 2.82. The Kier molecular flexibility index (Phi) is 8.30. The van der Waals surface area contributed by atoms with Crippen LogP contribution in [0.5, 0.6) is 0 Å². The molecule has 3 aliphatic carbocycles. The zero-order valence-electron chi connectivity index (χ0n) is 26.7. The fraction of sp³-hybridized carbons (Fsp3) is 0.853. The summed E-state index contributed by atoms with van der Waals surface area (Å²) < 4.78 is 5.44. The number of aliphatic hydroxyl groups excluding tert-OH is 1. The van der Waals surface area contributed by atoms with Gasteiger partial charge in [0.1, 0.15) is 11.5 Å². The highest BCUT2D eigenvalue weighted by Gasteiger charge is 2.64. The van der Waals surface area contributed by atoms with Crippen LogP contribution in [0.25, 0.3) is 0 Å². The van der Waals surface area contributed by atoms with Gasteiger partial charge in [-0.25, -0.2) is 0 Å². The van der Waals surface area contributed by atoms with E-state index in [2.05, 4.69) is 68.4 Å². The summed E-state index contributed by atoms with van der Waals surface area (Å²) in [6.45, 7) is 21.9. The lowest BCUT2D eigenvalue weighted by atomic mass is 9.39. The molecular weight excluding hydrogens is 486 g/mol. The summed E-state index contributed by atoms with van der Waals surface area (Å²) in [5.41, 5.74) is -0.931. The first kappa shape index (κ1) is 31.7. The number of ketones is 1. The van der Waals surface area contributed by atoms with Crippen molar-refractivity contribution >= 4 is 11.8 Å². The molecule has 220 valence electrons. The molecule has 0 bridgehead atoms. The molecule has 0 aromatic rings. The number of nitriles is 1. The molecule has 0 radical (unpaired) electrons. The van der Waals surface area contributed by atoms with Gasteiger partial charge in [-0.3, -0.25) is 4.79 Å². The van der Waals surface area contributed by atoms with Gasteiger partial charge in [0.2, 0.25) is 0 Å². The third kappa shape index (κ3) is 5.08. The lowest BCUT2D eigenvalue weighted by Gasteiger charge is -2.65. The third-order valence-electron chi connectivity index (χ3n) is 12.6. The number of aliphatic hydroxyl groups is 1. The van der Waals surface area contributed by atoms with Gasteiger partial charge in [0, 0.05) is 11.8 Å². The number of carbonyl (C=O) groups excluding carboxylic acids is 2. The summed E-state index contributed by atoms with van der Waals surface area (Å²) in [5, 5.41) is 21.0. The monoisotopic (exact) mass is 541 g/mol.